The highest BCUT2D eigenvalue weighted by molar-refractivity contribution is 6.00. The summed E-state index contributed by atoms with van der Waals surface area (Å²) in [5.74, 6) is -2.91. The molecule has 1 amide bonds. The van der Waals surface area contributed by atoms with Crippen LogP contribution in [-0.2, 0) is 0 Å². The number of aromatic nitrogens is 4. The third-order valence-electron chi connectivity index (χ3n) is 6.24. The fourth-order valence-corrected chi connectivity index (χ4v) is 4.07. The molecule has 0 aliphatic heterocycles. The monoisotopic (exact) mass is 461 g/mol. The van der Waals surface area contributed by atoms with E-state index in [4.69, 9.17) is 0 Å². The van der Waals surface area contributed by atoms with Crippen LogP contribution in [-0.4, -0.2) is 50.3 Å². The number of pyridine rings is 1. The van der Waals surface area contributed by atoms with E-state index in [2.05, 4.69) is 26.0 Å². The SMILES string of the molecule is CNc1cc(Nc2cccn([C@H]3C[C@H](F)C3)c2=O)nc2c(C(=O)N[C@H]3CCC3(F)F)cnn12. The minimum atomic E-state index is -2.93. The van der Waals surface area contributed by atoms with E-state index in [-0.39, 0.29) is 47.2 Å². The summed E-state index contributed by atoms with van der Waals surface area (Å²) in [5.41, 5.74) is 0.0888. The zero-order chi connectivity index (χ0) is 23.3. The van der Waals surface area contributed by atoms with Gasteiger partial charge in [0.25, 0.3) is 17.4 Å². The minimum Gasteiger partial charge on any atom is -0.373 e. The zero-order valence-corrected chi connectivity index (χ0v) is 17.7. The van der Waals surface area contributed by atoms with Crippen molar-refractivity contribution in [3.05, 3.63) is 46.5 Å². The smallest absolute Gasteiger partial charge is 0.274 e. The number of anilines is 3. The molecular weight excluding hydrogens is 439 g/mol. The standard InChI is InChI=1S/C21H22F3N7O2/c1-25-17-9-16(27-14-3-2-6-30(20(14)33)12-7-11(22)8-12)29-18-13(10-26-31(17)18)19(32)28-15-4-5-21(15,23)24/h2-3,6,9-12,15,25H,4-5,7-8H2,1H3,(H,27,29)(H,28,32)/t11-,12-,15-/m0/s1. The first-order valence-corrected chi connectivity index (χ1v) is 10.6. The highest BCUT2D eigenvalue weighted by Gasteiger charge is 2.49. The van der Waals surface area contributed by atoms with Gasteiger partial charge in [-0.25, -0.2) is 18.2 Å². The second-order valence-electron chi connectivity index (χ2n) is 8.38. The Morgan fingerprint density at radius 1 is 1.30 bits per heavy atom. The number of carbonyl (C=O) groups excluding carboxylic acids is 1. The van der Waals surface area contributed by atoms with Crippen LogP contribution in [0.25, 0.3) is 5.65 Å². The van der Waals surface area contributed by atoms with Crippen molar-refractivity contribution in [1.82, 2.24) is 24.5 Å². The molecule has 0 spiro atoms. The van der Waals surface area contributed by atoms with Gasteiger partial charge in [0, 0.05) is 31.8 Å². The van der Waals surface area contributed by atoms with Crippen LogP contribution >= 0.6 is 0 Å². The molecule has 3 heterocycles. The number of amides is 1. The molecule has 0 aromatic carbocycles. The molecule has 5 rings (SSSR count). The van der Waals surface area contributed by atoms with Gasteiger partial charge in [-0.3, -0.25) is 9.59 Å². The molecule has 0 unspecified atom stereocenters. The van der Waals surface area contributed by atoms with Crippen molar-refractivity contribution in [1.29, 1.82) is 0 Å². The van der Waals surface area contributed by atoms with Gasteiger partial charge < -0.3 is 20.5 Å². The molecule has 3 N–H and O–H groups in total. The van der Waals surface area contributed by atoms with Gasteiger partial charge in [0.1, 0.15) is 29.1 Å². The topological polar surface area (TPSA) is 105 Å². The number of nitrogens with one attached hydrogen (secondary N) is 3. The van der Waals surface area contributed by atoms with Gasteiger partial charge in [-0.15, -0.1) is 0 Å². The summed E-state index contributed by atoms with van der Waals surface area (Å²) in [7, 11) is 1.65. The molecule has 174 valence electrons. The van der Waals surface area contributed by atoms with Crippen LogP contribution in [0.4, 0.5) is 30.5 Å². The minimum absolute atomic E-state index is 0.0341. The summed E-state index contributed by atoms with van der Waals surface area (Å²) in [5, 5.41) is 12.4. The van der Waals surface area contributed by atoms with E-state index in [1.54, 1.807) is 31.4 Å². The molecule has 1 atom stereocenters. The van der Waals surface area contributed by atoms with Crippen LogP contribution in [0.1, 0.15) is 42.1 Å². The van der Waals surface area contributed by atoms with Crippen LogP contribution in [0.15, 0.2) is 35.4 Å². The summed E-state index contributed by atoms with van der Waals surface area (Å²) in [6.45, 7) is 0. The van der Waals surface area contributed by atoms with Crippen LogP contribution in [0, 0.1) is 0 Å². The van der Waals surface area contributed by atoms with E-state index in [1.807, 2.05) is 0 Å². The Hall–Kier alpha value is -3.57. The normalized spacial score (nSPS) is 23.5. The fourth-order valence-electron chi connectivity index (χ4n) is 4.07. The number of hydrogen-bond acceptors (Lipinski definition) is 6. The van der Waals surface area contributed by atoms with Crippen LogP contribution in [0.3, 0.4) is 0 Å². The zero-order valence-electron chi connectivity index (χ0n) is 17.7. The lowest BCUT2D eigenvalue weighted by atomic mass is 9.88. The molecule has 33 heavy (non-hydrogen) atoms. The van der Waals surface area contributed by atoms with Gasteiger partial charge >= 0.3 is 0 Å². The van der Waals surface area contributed by atoms with Crippen molar-refractivity contribution in [3.8, 4) is 0 Å². The number of carbonyl (C=O) groups is 1. The highest BCUT2D eigenvalue weighted by atomic mass is 19.3. The Morgan fingerprint density at radius 2 is 2.09 bits per heavy atom. The Balaban J connectivity index is 1.46. The maximum atomic E-state index is 13.6. The van der Waals surface area contributed by atoms with Crippen molar-refractivity contribution in [3.63, 3.8) is 0 Å². The lowest BCUT2D eigenvalue weighted by Crippen LogP contribution is -2.55. The average Bonchev–Trinajstić information content (AvgIpc) is 3.19. The molecule has 2 saturated carbocycles. The van der Waals surface area contributed by atoms with Crippen molar-refractivity contribution in [2.75, 3.05) is 17.7 Å². The largest absolute Gasteiger partial charge is 0.373 e. The lowest BCUT2D eigenvalue weighted by molar-refractivity contribution is -0.102. The van der Waals surface area contributed by atoms with Gasteiger partial charge in [-0.05, 0) is 31.4 Å². The second-order valence-corrected chi connectivity index (χ2v) is 8.38. The Morgan fingerprint density at radius 3 is 2.73 bits per heavy atom. The van der Waals surface area contributed by atoms with Crippen LogP contribution < -0.4 is 21.5 Å². The first-order chi connectivity index (χ1) is 15.8. The Bertz CT molecular complexity index is 1280. The highest BCUT2D eigenvalue weighted by Crippen LogP contribution is 2.38. The van der Waals surface area contributed by atoms with Crippen LogP contribution in [0.5, 0.6) is 0 Å². The number of fused-ring (bicyclic) bond motifs is 1. The van der Waals surface area contributed by atoms with Gasteiger partial charge in [-0.1, -0.05) is 0 Å². The van der Waals surface area contributed by atoms with Gasteiger partial charge in [-0.2, -0.15) is 9.61 Å². The molecular formula is C21H22F3N7O2. The lowest BCUT2D eigenvalue weighted by Gasteiger charge is -2.36. The average molecular weight is 461 g/mol. The first kappa shape index (κ1) is 21.3. The van der Waals surface area contributed by atoms with E-state index in [1.165, 1.54) is 15.3 Å². The number of nitrogens with zero attached hydrogens (tertiary/aromatic N) is 4. The molecule has 2 aliphatic rings. The number of halogens is 3. The number of hydrogen-bond donors (Lipinski definition) is 3. The van der Waals surface area contributed by atoms with E-state index < -0.39 is 24.0 Å². The maximum Gasteiger partial charge on any atom is 0.274 e. The summed E-state index contributed by atoms with van der Waals surface area (Å²) in [6, 6.07) is 3.46. The van der Waals surface area contributed by atoms with Gasteiger partial charge in [0.05, 0.1) is 12.2 Å². The summed E-state index contributed by atoms with van der Waals surface area (Å²) in [4.78, 5) is 29.9. The summed E-state index contributed by atoms with van der Waals surface area (Å²) < 4.78 is 43.3. The summed E-state index contributed by atoms with van der Waals surface area (Å²) in [6.07, 6.45) is 2.52. The number of alkyl halides is 3. The molecule has 0 saturated heterocycles. The van der Waals surface area contributed by atoms with E-state index >= 15 is 0 Å². The molecule has 0 radical (unpaired) electrons. The van der Waals surface area contributed by atoms with E-state index in [9.17, 15) is 22.8 Å². The quantitative estimate of drug-likeness (QED) is 0.522. The fraction of sp³-hybridized carbons (Fsp3) is 0.429. The Labute approximate surface area is 186 Å². The van der Waals surface area contributed by atoms with Crippen molar-refractivity contribution < 1.29 is 18.0 Å². The molecule has 12 heteroatoms. The third kappa shape index (κ3) is 3.68. The molecule has 0 bridgehead atoms. The molecule has 2 fully saturated rings. The molecule has 3 aromatic heterocycles. The Kier molecular flexibility index (Phi) is 5.02. The van der Waals surface area contributed by atoms with Crippen molar-refractivity contribution in [2.24, 2.45) is 0 Å². The van der Waals surface area contributed by atoms with Gasteiger partial charge in [0.15, 0.2) is 5.65 Å². The molecule has 2 aliphatic carbocycles. The summed E-state index contributed by atoms with van der Waals surface area (Å²) >= 11 is 0. The maximum absolute atomic E-state index is 13.6. The predicted molar refractivity (Wildman–Crippen MR) is 115 cm³/mol. The van der Waals surface area contributed by atoms with Gasteiger partial charge in [0.2, 0.25) is 0 Å². The van der Waals surface area contributed by atoms with E-state index in [0.717, 1.165) is 0 Å². The molecule has 3 aromatic rings. The second kappa shape index (κ2) is 7.78. The number of rotatable bonds is 6. The van der Waals surface area contributed by atoms with Crippen molar-refractivity contribution >= 4 is 28.9 Å². The van der Waals surface area contributed by atoms with E-state index in [0.29, 0.717) is 18.7 Å². The van der Waals surface area contributed by atoms with Crippen molar-refractivity contribution in [2.45, 2.75) is 49.9 Å². The third-order valence-corrected chi connectivity index (χ3v) is 6.24. The predicted octanol–water partition coefficient (Wildman–Crippen LogP) is 2.88. The van der Waals surface area contributed by atoms with Crippen LogP contribution in [0.2, 0.25) is 0 Å². The first-order valence-electron chi connectivity index (χ1n) is 10.6. The molecule has 9 nitrogen and oxygen atoms in total.